The topological polar surface area (TPSA) is 35.2 Å². The number of hydrogen-bond donors (Lipinski definition) is 0. The third kappa shape index (κ3) is 7.43. The number of fused-ring (bicyclic) bond motifs is 10. The van der Waals surface area contributed by atoms with Gasteiger partial charge < -0.3 is 14.2 Å². The predicted octanol–water partition coefficient (Wildman–Crippen LogP) is 17.9. The average Bonchev–Trinajstić information content (AvgIpc) is 3.95. The van der Waals surface area contributed by atoms with Crippen molar-refractivity contribution < 1.29 is 8.85 Å². The number of pyridine rings is 1. The molecule has 0 atom stereocenters. The molecule has 0 saturated carbocycles. The lowest BCUT2D eigenvalue weighted by molar-refractivity contribution is 0.483. The van der Waals surface area contributed by atoms with Crippen molar-refractivity contribution in [2.24, 2.45) is 5.92 Å². The van der Waals surface area contributed by atoms with Crippen LogP contribution in [0.2, 0.25) is 0 Å². The molecule has 0 saturated heterocycles. The van der Waals surface area contributed by atoms with Crippen LogP contribution in [0, 0.1) is 5.92 Å². The molecule has 0 unspecified atom stereocenters. The first-order valence-electron chi connectivity index (χ1n) is 26.0. The molecule has 0 N–H and O–H groups in total. The Balaban J connectivity index is 1.06. The van der Waals surface area contributed by atoms with Gasteiger partial charge in [-0.1, -0.05) is 170 Å². The standard InChI is InChI=1S/C65H58N4O/c1-41(2)33-43-34-45(36-46(35-43)65(5,6)7)50-24-15-25-57-53-21-10-8-19-51(53)52-20-9-11-22-54(52)58-26-16-28-60-64(58)68(63(50)57)40-67(60)47-17-14-18-48(38-47)70-49-29-30-56-55-23-12-13-27-59(55)69(61(56)39-49)62-37-44(42(3)4)31-32-66-62/h8-32,34-39,41-42H,33,40H2,1-7H3/i33D2,42D. The van der Waals surface area contributed by atoms with Gasteiger partial charge in [0.15, 0.2) is 0 Å². The van der Waals surface area contributed by atoms with Gasteiger partial charge in [-0.3, -0.25) is 4.57 Å². The van der Waals surface area contributed by atoms with Crippen LogP contribution < -0.4 is 9.64 Å². The number of hydrogen-bond acceptors (Lipinski definition) is 3. The third-order valence-electron chi connectivity index (χ3n) is 14.0. The van der Waals surface area contributed by atoms with Crippen LogP contribution in [0.1, 0.15) is 75.2 Å². The van der Waals surface area contributed by atoms with E-state index in [1.165, 1.54) is 5.39 Å². The fourth-order valence-electron chi connectivity index (χ4n) is 10.7. The number of aromatic nitrogens is 3. The molecule has 5 heteroatoms. The van der Waals surface area contributed by atoms with Crippen molar-refractivity contribution in [3.8, 4) is 28.4 Å². The first-order chi connectivity index (χ1) is 35.0. The maximum absolute atomic E-state index is 9.38. The maximum atomic E-state index is 9.38. The molecular weight excluding hydrogens is 853 g/mol. The Hall–Kier alpha value is -7.89. The van der Waals surface area contributed by atoms with Gasteiger partial charge in [-0.25, -0.2) is 4.98 Å². The number of anilines is 2. The summed E-state index contributed by atoms with van der Waals surface area (Å²) in [7, 11) is 0. The zero-order valence-corrected chi connectivity index (χ0v) is 40.9. The number of benzene rings is 8. The Morgan fingerprint density at radius 1 is 0.586 bits per heavy atom. The summed E-state index contributed by atoms with van der Waals surface area (Å²) >= 11 is 0. The van der Waals surface area contributed by atoms with Gasteiger partial charge >= 0.3 is 0 Å². The maximum Gasteiger partial charge on any atom is 0.137 e. The zero-order valence-electron chi connectivity index (χ0n) is 43.9. The van der Waals surface area contributed by atoms with Crippen molar-refractivity contribution in [1.29, 1.82) is 0 Å². The molecule has 70 heavy (non-hydrogen) atoms. The summed E-state index contributed by atoms with van der Waals surface area (Å²) in [5, 5.41) is 9.08. The lowest BCUT2D eigenvalue weighted by Gasteiger charge is -2.23. The molecule has 0 bridgehead atoms. The van der Waals surface area contributed by atoms with E-state index in [9.17, 15) is 2.74 Å². The molecule has 0 fully saturated rings. The van der Waals surface area contributed by atoms with Crippen molar-refractivity contribution in [1.82, 2.24) is 14.1 Å². The first kappa shape index (κ1) is 40.0. The minimum Gasteiger partial charge on any atom is -0.457 e. The van der Waals surface area contributed by atoms with Crippen LogP contribution in [0.5, 0.6) is 11.5 Å². The van der Waals surface area contributed by atoms with E-state index in [1.54, 1.807) is 6.20 Å². The highest BCUT2D eigenvalue weighted by atomic mass is 16.5. The van der Waals surface area contributed by atoms with Gasteiger partial charge in [0.25, 0.3) is 0 Å². The summed E-state index contributed by atoms with van der Waals surface area (Å²) in [5.41, 5.74) is 10.7. The van der Waals surface area contributed by atoms with Gasteiger partial charge in [-0.05, 0) is 116 Å². The molecule has 8 aromatic carbocycles. The normalized spacial score (nSPS) is 13.7. The molecule has 11 aromatic rings. The first-order valence-corrected chi connectivity index (χ1v) is 24.5. The Bertz CT molecular complexity index is 4100. The Kier molecular flexibility index (Phi) is 9.70. The molecule has 3 aromatic heterocycles. The summed E-state index contributed by atoms with van der Waals surface area (Å²) in [6.07, 6.45) is 0.252. The monoisotopic (exact) mass is 913 g/mol. The third-order valence-corrected chi connectivity index (χ3v) is 14.0. The molecular formula is C65H58N4O. The van der Waals surface area contributed by atoms with Crippen LogP contribution in [0.15, 0.2) is 188 Å². The predicted molar refractivity (Wildman–Crippen MR) is 296 cm³/mol. The van der Waals surface area contributed by atoms with Crippen LogP contribution in [0.3, 0.4) is 0 Å². The van der Waals surface area contributed by atoms with Gasteiger partial charge in [0.05, 0.1) is 27.8 Å². The van der Waals surface area contributed by atoms with Gasteiger partial charge in [0.1, 0.15) is 24.0 Å². The minimum atomic E-state index is -1.55. The number of para-hydroxylation sites is 3. The van der Waals surface area contributed by atoms with E-state index in [2.05, 4.69) is 193 Å². The van der Waals surface area contributed by atoms with E-state index in [4.69, 9.17) is 11.1 Å². The molecule has 0 aliphatic carbocycles. The molecule has 12 rings (SSSR count). The van der Waals surface area contributed by atoms with Gasteiger partial charge in [-0.15, -0.1) is 0 Å². The fraction of sp³-hybridized carbons (Fsp3) is 0.185. The Morgan fingerprint density at radius 2 is 1.21 bits per heavy atom. The summed E-state index contributed by atoms with van der Waals surface area (Å²) in [6.45, 7) is 14.9. The molecule has 0 spiro atoms. The van der Waals surface area contributed by atoms with E-state index in [1.807, 2.05) is 52.0 Å². The van der Waals surface area contributed by atoms with Gasteiger partial charge in [-0.2, -0.15) is 0 Å². The van der Waals surface area contributed by atoms with E-state index in [0.29, 0.717) is 23.7 Å². The van der Waals surface area contributed by atoms with Crippen molar-refractivity contribution in [2.45, 2.75) is 72.8 Å². The molecule has 4 heterocycles. The number of rotatable bonds is 8. The summed E-state index contributed by atoms with van der Waals surface area (Å²) in [6, 6.07) is 64.3. The molecule has 0 amide bonds. The summed E-state index contributed by atoms with van der Waals surface area (Å²) < 4.78 is 39.1. The second-order valence-electron chi connectivity index (χ2n) is 20.3. The zero-order chi connectivity index (χ0) is 50.6. The molecule has 0 radical (unpaired) electrons. The van der Waals surface area contributed by atoms with E-state index < -0.39 is 12.3 Å². The van der Waals surface area contributed by atoms with Crippen LogP contribution >= 0.6 is 0 Å². The van der Waals surface area contributed by atoms with E-state index in [-0.39, 0.29) is 11.3 Å². The minimum absolute atomic E-state index is 0.223. The van der Waals surface area contributed by atoms with Crippen molar-refractivity contribution in [3.05, 3.63) is 205 Å². The number of nitrogens with zero attached hydrogens (tertiary/aromatic N) is 4. The molecule has 344 valence electrons. The lowest BCUT2D eigenvalue weighted by atomic mass is 9.83. The number of ether oxygens (including phenoxy) is 1. The van der Waals surface area contributed by atoms with Crippen molar-refractivity contribution in [3.63, 3.8) is 0 Å². The Morgan fingerprint density at radius 3 is 1.93 bits per heavy atom. The van der Waals surface area contributed by atoms with Gasteiger partial charge in [0, 0.05) is 55.2 Å². The van der Waals surface area contributed by atoms with Crippen LogP contribution in [-0.4, -0.2) is 14.1 Å². The van der Waals surface area contributed by atoms with Crippen LogP contribution in [0.25, 0.3) is 82.1 Å². The molecule has 5 nitrogen and oxygen atoms in total. The largest absolute Gasteiger partial charge is 0.457 e. The van der Waals surface area contributed by atoms with E-state index >= 15 is 0 Å². The van der Waals surface area contributed by atoms with Crippen LogP contribution in [0.4, 0.5) is 11.4 Å². The lowest BCUT2D eigenvalue weighted by Crippen LogP contribution is -2.15. The molecule has 1 aliphatic rings. The van der Waals surface area contributed by atoms with Crippen molar-refractivity contribution in [2.75, 3.05) is 4.90 Å². The highest BCUT2D eigenvalue weighted by Gasteiger charge is 2.26. The second kappa shape index (κ2) is 17.0. The highest BCUT2D eigenvalue weighted by molar-refractivity contribution is 6.22. The average molecular weight is 914 g/mol. The second-order valence-corrected chi connectivity index (χ2v) is 20.3. The summed E-state index contributed by atoms with van der Waals surface area (Å²) in [5.74, 6) is 1.16. The highest BCUT2D eigenvalue weighted by Crippen LogP contribution is 2.46. The smallest absolute Gasteiger partial charge is 0.137 e. The van der Waals surface area contributed by atoms with Crippen molar-refractivity contribution >= 4 is 76.5 Å². The molecule has 1 aliphatic heterocycles. The Labute approximate surface area is 414 Å². The SMILES string of the molecule is [2H]C(C)(C)c1ccnc(-n2c3ccccc3c3ccc(Oc4cccc(N5Cn6c7c(-c8cc(C(C)(C)C)cc(C([2H])([2H])C(C)C)c8)cccc7c7ccccc7c7ccccc7c7cccc5c76)c4)cc32)c1. The quantitative estimate of drug-likeness (QED) is 0.152. The fourth-order valence-corrected chi connectivity index (χ4v) is 10.7. The van der Waals surface area contributed by atoms with Crippen LogP contribution in [-0.2, 0) is 18.5 Å². The van der Waals surface area contributed by atoms with E-state index in [0.717, 1.165) is 99.2 Å². The van der Waals surface area contributed by atoms with Gasteiger partial charge in [0.2, 0.25) is 0 Å². The summed E-state index contributed by atoms with van der Waals surface area (Å²) in [4.78, 5) is 7.22.